The summed E-state index contributed by atoms with van der Waals surface area (Å²) in [6.45, 7) is 3.29. The molecule has 0 radical (unpaired) electrons. The van der Waals surface area contributed by atoms with E-state index in [1.807, 2.05) is 0 Å². The van der Waals surface area contributed by atoms with Gasteiger partial charge in [-0.2, -0.15) is 0 Å². The van der Waals surface area contributed by atoms with Crippen LogP contribution < -0.4 is 0 Å². The molecule has 0 amide bonds. The summed E-state index contributed by atoms with van der Waals surface area (Å²) in [5, 5.41) is 9.34. The van der Waals surface area contributed by atoms with Gasteiger partial charge in [0.05, 0.1) is 6.10 Å². The number of hydrogen-bond acceptors (Lipinski definition) is 6. The van der Waals surface area contributed by atoms with Crippen LogP contribution in [0.4, 0.5) is 4.39 Å². The predicted octanol–water partition coefficient (Wildman–Crippen LogP) is -0.232. The van der Waals surface area contributed by atoms with E-state index >= 15 is 0 Å². The summed E-state index contributed by atoms with van der Waals surface area (Å²) in [6, 6.07) is 0. The molecule has 1 N–H and O–H groups in total. The lowest BCUT2D eigenvalue weighted by Gasteiger charge is -2.28. The fourth-order valence-electron chi connectivity index (χ4n) is 1.21. The molecule has 0 aromatic carbocycles. The molecule has 0 aliphatic rings. The smallest absolute Gasteiger partial charge is 0.303 e. The van der Waals surface area contributed by atoms with Gasteiger partial charge in [-0.1, -0.05) is 0 Å². The highest BCUT2D eigenvalue weighted by Crippen LogP contribution is 2.15. The minimum absolute atomic E-state index is 0.0908. The first-order valence-electron chi connectivity index (χ1n) is 4.91. The van der Waals surface area contributed by atoms with Crippen molar-refractivity contribution in [2.75, 3.05) is 0 Å². The number of halogens is 1. The van der Waals surface area contributed by atoms with Gasteiger partial charge < -0.3 is 14.6 Å². The monoisotopic (exact) mass is 250 g/mol. The summed E-state index contributed by atoms with van der Waals surface area (Å²) in [5.41, 5.74) is 0. The van der Waals surface area contributed by atoms with Crippen LogP contribution >= 0.6 is 0 Å². The lowest BCUT2D eigenvalue weighted by Crippen LogP contribution is -2.47. The van der Waals surface area contributed by atoms with Gasteiger partial charge in [-0.25, -0.2) is 4.39 Å². The van der Waals surface area contributed by atoms with Gasteiger partial charge in [0, 0.05) is 13.8 Å². The molecule has 0 heterocycles. The van der Waals surface area contributed by atoms with Crippen molar-refractivity contribution in [3.8, 4) is 0 Å². The molecule has 0 fully saturated rings. The molecule has 0 aliphatic heterocycles. The minimum atomic E-state index is -2.18. The number of aliphatic hydroxyl groups excluding tert-OH is 1. The number of alkyl halides is 1. The van der Waals surface area contributed by atoms with Gasteiger partial charge in [0.1, 0.15) is 0 Å². The van der Waals surface area contributed by atoms with E-state index in [0.717, 1.165) is 13.8 Å². The third kappa shape index (κ3) is 5.39. The Labute approximate surface area is 97.7 Å². The molecule has 0 saturated heterocycles. The molecular weight excluding hydrogens is 235 g/mol. The lowest BCUT2D eigenvalue weighted by atomic mass is 10.1. The lowest BCUT2D eigenvalue weighted by molar-refractivity contribution is -0.180. The fourth-order valence-corrected chi connectivity index (χ4v) is 1.21. The van der Waals surface area contributed by atoms with E-state index in [2.05, 4.69) is 9.47 Å². The maximum Gasteiger partial charge on any atom is 0.303 e. The second kappa shape index (κ2) is 6.95. The third-order valence-electron chi connectivity index (χ3n) is 1.85. The Balaban J connectivity index is 4.98. The largest absolute Gasteiger partial charge is 0.456 e. The first-order chi connectivity index (χ1) is 7.79. The summed E-state index contributed by atoms with van der Waals surface area (Å²) >= 11 is 0. The minimum Gasteiger partial charge on any atom is -0.456 e. The summed E-state index contributed by atoms with van der Waals surface area (Å²) in [7, 11) is 0. The summed E-state index contributed by atoms with van der Waals surface area (Å²) in [4.78, 5) is 31.9. The first-order valence-corrected chi connectivity index (χ1v) is 4.91. The average Bonchev–Trinajstić information content (AvgIpc) is 2.21. The fraction of sp³-hybridized carbons (Fsp3) is 0.700. The topological polar surface area (TPSA) is 89.9 Å². The van der Waals surface area contributed by atoms with Crippen molar-refractivity contribution in [1.29, 1.82) is 0 Å². The summed E-state index contributed by atoms with van der Waals surface area (Å²) in [5.74, 6) is -1.64. The van der Waals surface area contributed by atoms with Crippen LogP contribution in [0.15, 0.2) is 0 Å². The van der Waals surface area contributed by atoms with Gasteiger partial charge >= 0.3 is 11.9 Å². The standard InChI is InChI=1S/C10H15FO6/c1-5(13)9(16-6(2)14)10(8(11)4-12)17-7(3)15/h4-5,8-10,13H,1-3H3/t5-,8+,9+,10-/m0/s1. The van der Waals surface area contributed by atoms with Crippen molar-refractivity contribution in [3.05, 3.63) is 0 Å². The maximum atomic E-state index is 13.3. The molecule has 0 bridgehead atoms. The zero-order valence-electron chi connectivity index (χ0n) is 9.75. The summed E-state index contributed by atoms with van der Waals surface area (Å²) in [6.07, 6.45) is -6.66. The molecule has 0 aromatic rings. The number of esters is 2. The van der Waals surface area contributed by atoms with E-state index in [4.69, 9.17) is 0 Å². The van der Waals surface area contributed by atoms with E-state index in [1.54, 1.807) is 0 Å². The van der Waals surface area contributed by atoms with Crippen LogP contribution in [0.1, 0.15) is 20.8 Å². The van der Waals surface area contributed by atoms with Crippen molar-refractivity contribution in [3.63, 3.8) is 0 Å². The molecule has 4 atom stereocenters. The SMILES string of the molecule is CC(=O)O[C@H]([C@H](OC(C)=O)[C@H](C)O)[C@H](F)C=O. The Kier molecular flexibility index (Phi) is 6.34. The van der Waals surface area contributed by atoms with Crippen molar-refractivity contribution in [2.45, 2.75) is 45.3 Å². The van der Waals surface area contributed by atoms with E-state index in [-0.39, 0.29) is 6.29 Å². The first kappa shape index (κ1) is 15.5. The Bertz CT molecular complexity index is 291. The number of ether oxygens (including phenoxy) is 2. The van der Waals surface area contributed by atoms with Crippen LogP contribution in [-0.2, 0) is 23.9 Å². The average molecular weight is 250 g/mol. The molecule has 0 saturated carbocycles. The molecular formula is C10H15FO6. The van der Waals surface area contributed by atoms with Crippen molar-refractivity contribution >= 4 is 18.2 Å². The number of carbonyl (C=O) groups excluding carboxylic acids is 3. The Morgan fingerprint density at radius 1 is 1.18 bits per heavy atom. The number of aliphatic hydroxyl groups is 1. The molecule has 0 aromatic heterocycles. The highest BCUT2D eigenvalue weighted by molar-refractivity contribution is 5.68. The second-order valence-corrected chi connectivity index (χ2v) is 3.47. The zero-order valence-corrected chi connectivity index (χ0v) is 9.75. The van der Waals surface area contributed by atoms with Crippen LogP contribution in [0.25, 0.3) is 0 Å². The van der Waals surface area contributed by atoms with Gasteiger partial charge in [-0.15, -0.1) is 0 Å². The number of carbonyl (C=O) groups is 3. The molecule has 6 nitrogen and oxygen atoms in total. The Morgan fingerprint density at radius 3 is 1.88 bits per heavy atom. The zero-order chi connectivity index (χ0) is 13.6. The van der Waals surface area contributed by atoms with E-state index in [9.17, 15) is 23.9 Å². The van der Waals surface area contributed by atoms with Crippen LogP contribution in [0.3, 0.4) is 0 Å². The van der Waals surface area contributed by atoms with Crippen molar-refractivity contribution < 1.29 is 33.4 Å². The summed E-state index contributed by atoms with van der Waals surface area (Å²) < 4.78 is 22.4. The highest BCUT2D eigenvalue weighted by atomic mass is 19.1. The van der Waals surface area contributed by atoms with E-state index in [1.165, 1.54) is 6.92 Å². The maximum absolute atomic E-state index is 13.3. The Morgan fingerprint density at radius 2 is 1.59 bits per heavy atom. The molecule has 98 valence electrons. The molecule has 0 rings (SSSR count). The molecule has 17 heavy (non-hydrogen) atoms. The Hall–Kier alpha value is -1.50. The van der Waals surface area contributed by atoms with Crippen molar-refractivity contribution in [2.24, 2.45) is 0 Å². The molecule has 0 unspecified atom stereocenters. The number of aldehydes is 1. The van der Waals surface area contributed by atoms with E-state index in [0.29, 0.717) is 0 Å². The molecule has 0 aliphatic carbocycles. The predicted molar refractivity (Wildman–Crippen MR) is 53.7 cm³/mol. The normalized spacial score (nSPS) is 17.5. The number of hydrogen-bond donors (Lipinski definition) is 1. The van der Waals surface area contributed by atoms with Crippen LogP contribution in [0.2, 0.25) is 0 Å². The van der Waals surface area contributed by atoms with Crippen molar-refractivity contribution in [1.82, 2.24) is 0 Å². The highest BCUT2D eigenvalue weighted by Gasteiger charge is 2.37. The second-order valence-electron chi connectivity index (χ2n) is 3.47. The van der Waals surface area contributed by atoms with Crippen LogP contribution in [0.5, 0.6) is 0 Å². The van der Waals surface area contributed by atoms with Gasteiger partial charge in [0.2, 0.25) is 0 Å². The van der Waals surface area contributed by atoms with Crippen LogP contribution in [0, 0.1) is 0 Å². The van der Waals surface area contributed by atoms with E-state index < -0.39 is 36.4 Å². The van der Waals surface area contributed by atoms with Gasteiger partial charge in [0.15, 0.2) is 24.7 Å². The third-order valence-corrected chi connectivity index (χ3v) is 1.85. The van der Waals surface area contributed by atoms with Gasteiger partial charge in [0.25, 0.3) is 0 Å². The molecule has 7 heteroatoms. The number of rotatable bonds is 6. The van der Waals surface area contributed by atoms with Gasteiger partial charge in [-0.05, 0) is 6.92 Å². The van der Waals surface area contributed by atoms with Crippen LogP contribution in [-0.4, -0.2) is 47.8 Å². The quantitative estimate of drug-likeness (QED) is 0.517. The van der Waals surface area contributed by atoms with Gasteiger partial charge in [-0.3, -0.25) is 14.4 Å². The molecule has 0 spiro atoms.